The lowest BCUT2D eigenvalue weighted by molar-refractivity contribution is -0.141. The van der Waals surface area contributed by atoms with Crippen LogP contribution in [0.25, 0.3) is 0 Å². The minimum absolute atomic E-state index is 0.308. The van der Waals surface area contributed by atoms with E-state index in [1.807, 2.05) is 6.07 Å². The van der Waals surface area contributed by atoms with Crippen LogP contribution in [0.2, 0.25) is 0 Å². The number of rotatable bonds is 3. The van der Waals surface area contributed by atoms with Gasteiger partial charge < -0.3 is 10.0 Å². The highest BCUT2D eigenvalue weighted by Gasteiger charge is 2.17. The molecule has 1 atom stereocenters. The summed E-state index contributed by atoms with van der Waals surface area (Å²) in [5.41, 5.74) is 3.76. The number of nitrogens with zero attached hydrogens (tertiary/aromatic N) is 1. The number of anilines is 1. The molecule has 0 fully saturated rings. The first-order valence-electron chi connectivity index (χ1n) is 5.63. The zero-order valence-electron chi connectivity index (χ0n) is 9.73. The van der Waals surface area contributed by atoms with E-state index in [1.165, 1.54) is 11.3 Å². The van der Waals surface area contributed by atoms with Crippen LogP contribution in [0.1, 0.15) is 18.1 Å². The van der Waals surface area contributed by atoms with Crippen LogP contribution in [-0.2, 0) is 17.6 Å². The van der Waals surface area contributed by atoms with Gasteiger partial charge in [-0.3, -0.25) is 4.79 Å². The van der Waals surface area contributed by atoms with Crippen LogP contribution in [-0.4, -0.2) is 24.7 Å². The molecule has 1 aliphatic heterocycles. The van der Waals surface area contributed by atoms with Crippen LogP contribution in [0.15, 0.2) is 18.2 Å². The topological polar surface area (TPSA) is 40.5 Å². The predicted molar refractivity (Wildman–Crippen MR) is 63.9 cm³/mol. The Hall–Kier alpha value is -1.51. The van der Waals surface area contributed by atoms with Crippen LogP contribution in [0.4, 0.5) is 5.69 Å². The maximum absolute atomic E-state index is 10.8. The molecule has 2 rings (SSSR count). The van der Waals surface area contributed by atoms with Crippen LogP contribution in [0.5, 0.6) is 0 Å². The monoisotopic (exact) mass is 219 g/mol. The molecule has 0 aromatic heterocycles. The van der Waals surface area contributed by atoms with Gasteiger partial charge in [0.05, 0.1) is 5.92 Å². The van der Waals surface area contributed by atoms with E-state index >= 15 is 0 Å². The molecule has 0 saturated carbocycles. The van der Waals surface area contributed by atoms with Gasteiger partial charge in [0, 0.05) is 19.3 Å². The number of hydrogen-bond donors (Lipinski definition) is 1. The van der Waals surface area contributed by atoms with E-state index in [2.05, 4.69) is 24.1 Å². The molecule has 16 heavy (non-hydrogen) atoms. The van der Waals surface area contributed by atoms with Gasteiger partial charge in [0.15, 0.2) is 0 Å². The van der Waals surface area contributed by atoms with Crippen LogP contribution in [0.3, 0.4) is 0 Å². The summed E-state index contributed by atoms with van der Waals surface area (Å²) in [6.45, 7) is 2.81. The third kappa shape index (κ3) is 2.03. The number of carbonyl (C=O) groups is 1. The summed E-state index contributed by atoms with van der Waals surface area (Å²) in [5, 5.41) is 8.87. The molecule has 3 heteroatoms. The third-order valence-electron chi connectivity index (χ3n) is 3.24. The summed E-state index contributed by atoms with van der Waals surface area (Å²) < 4.78 is 0. The fourth-order valence-corrected chi connectivity index (χ4v) is 2.19. The van der Waals surface area contributed by atoms with Gasteiger partial charge in [-0.1, -0.05) is 19.1 Å². The van der Waals surface area contributed by atoms with E-state index in [0.717, 1.165) is 18.5 Å². The lowest BCUT2D eigenvalue weighted by Gasteiger charge is -2.12. The molecule has 1 N–H and O–H groups in total. The summed E-state index contributed by atoms with van der Waals surface area (Å²) in [7, 11) is 2.09. The number of fused-ring (bicyclic) bond motifs is 1. The Kier molecular flexibility index (Phi) is 2.86. The third-order valence-corrected chi connectivity index (χ3v) is 3.24. The second-order valence-corrected chi connectivity index (χ2v) is 4.58. The Labute approximate surface area is 95.7 Å². The van der Waals surface area contributed by atoms with Gasteiger partial charge in [-0.25, -0.2) is 0 Å². The predicted octanol–water partition coefficient (Wildman–Crippen LogP) is 1.94. The molecule has 1 aromatic carbocycles. The molecular weight excluding hydrogens is 202 g/mol. The molecule has 0 radical (unpaired) electrons. The highest BCUT2D eigenvalue weighted by atomic mass is 16.4. The number of hydrogen-bond acceptors (Lipinski definition) is 2. The maximum atomic E-state index is 10.8. The molecule has 0 amide bonds. The normalized spacial score (nSPS) is 16.0. The largest absolute Gasteiger partial charge is 0.481 e. The second kappa shape index (κ2) is 4.16. The van der Waals surface area contributed by atoms with Gasteiger partial charge in [-0.15, -0.1) is 0 Å². The van der Waals surface area contributed by atoms with Crippen molar-refractivity contribution in [2.75, 3.05) is 18.5 Å². The molecule has 86 valence electrons. The highest BCUT2D eigenvalue weighted by molar-refractivity contribution is 5.70. The van der Waals surface area contributed by atoms with E-state index in [9.17, 15) is 4.79 Å². The van der Waals surface area contributed by atoms with Crippen molar-refractivity contribution >= 4 is 11.7 Å². The van der Waals surface area contributed by atoms with E-state index in [1.54, 1.807) is 6.92 Å². The van der Waals surface area contributed by atoms with E-state index in [-0.39, 0.29) is 5.92 Å². The van der Waals surface area contributed by atoms with Crippen molar-refractivity contribution in [3.05, 3.63) is 29.3 Å². The van der Waals surface area contributed by atoms with Crippen LogP contribution < -0.4 is 4.90 Å². The number of carboxylic acids is 1. The average Bonchev–Trinajstić information content (AvgIpc) is 2.60. The number of aliphatic carboxylic acids is 1. The zero-order valence-corrected chi connectivity index (χ0v) is 9.73. The molecule has 1 heterocycles. The maximum Gasteiger partial charge on any atom is 0.306 e. The first-order chi connectivity index (χ1) is 7.58. The van der Waals surface area contributed by atoms with E-state index < -0.39 is 5.97 Å². The Morgan fingerprint density at radius 2 is 2.31 bits per heavy atom. The number of benzene rings is 1. The summed E-state index contributed by atoms with van der Waals surface area (Å²) in [4.78, 5) is 13.0. The molecule has 0 bridgehead atoms. The molecule has 1 aromatic rings. The van der Waals surface area contributed by atoms with Crippen LogP contribution >= 0.6 is 0 Å². The standard InChI is InChI=1S/C13H17NO2/c1-9(13(15)16)7-10-3-4-12-11(8-10)5-6-14(12)2/h3-4,8-9H,5-7H2,1-2H3,(H,15,16). The molecule has 0 aliphatic carbocycles. The molecule has 0 spiro atoms. The molecule has 0 saturated heterocycles. The van der Waals surface area contributed by atoms with Crippen molar-refractivity contribution in [3.8, 4) is 0 Å². The average molecular weight is 219 g/mol. The zero-order chi connectivity index (χ0) is 11.7. The van der Waals surface area contributed by atoms with Crippen molar-refractivity contribution in [1.29, 1.82) is 0 Å². The fraction of sp³-hybridized carbons (Fsp3) is 0.462. The smallest absolute Gasteiger partial charge is 0.306 e. The van der Waals surface area contributed by atoms with Gasteiger partial charge in [0.2, 0.25) is 0 Å². The Morgan fingerprint density at radius 3 is 3.00 bits per heavy atom. The van der Waals surface area contributed by atoms with Gasteiger partial charge >= 0.3 is 5.97 Å². The van der Waals surface area contributed by atoms with E-state index in [4.69, 9.17) is 5.11 Å². The summed E-state index contributed by atoms with van der Waals surface area (Å²) in [6, 6.07) is 6.30. The number of carboxylic acid groups (broad SMARTS) is 1. The second-order valence-electron chi connectivity index (χ2n) is 4.58. The van der Waals surface area contributed by atoms with Crippen molar-refractivity contribution in [3.63, 3.8) is 0 Å². The van der Waals surface area contributed by atoms with Gasteiger partial charge in [0.25, 0.3) is 0 Å². The highest BCUT2D eigenvalue weighted by Crippen LogP contribution is 2.28. The van der Waals surface area contributed by atoms with Crippen molar-refractivity contribution in [2.24, 2.45) is 5.92 Å². The molecule has 1 unspecified atom stereocenters. The lowest BCUT2D eigenvalue weighted by Crippen LogP contribution is -2.13. The summed E-state index contributed by atoms with van der Waals surface area (Å²) in [6.07, 6.45) is 1.69. The first-order valence-corrected chi connectivity index (χ1v) is 5.63. The molecular formula is C13H17NO2. The quantitative estimate of drug-likeness (QED) is 0.844. The van der Waals surface area contributed by atoms with Crippen molar-refractivity contribution < 1.29 is 9.90 Å². The number of likely N-dealkylation sites (N-methyl/N-ethyl adjacent to an activating group) is 1. The SMILES string of the molecule is CC(Cc1ccc2c(c1)CCN2C)C(=O)O. The van der Waals surface area contributed by atoms with Crippen molar-refractivity contribution in [1.82, 2.24) is 0 Å². The molecule has 1 aliphatic rings. The fourth-order valence-electron chi connectivity index (χ4n) is 2.19. The van der Waals surface area contributed by atoms with Crippen molar-refractivity contribution in [2.45, 2.75) is 19.8 Å². The minimum Gasteiger partial charge on any atom is -0.481 e. The first kappa shape index (κ1) is 11.0. The molecule has 3 nitrogen and oxygen atoms in total. The summed E-state index contributed by atoms with van der Waals surface area (Å²) in [5.74, 6) is -1.03. The Balaban J connectivity index is 2.16. The van der Waals surface area contributed by atoms with Gasteiger partial charge in [-0.2, -0.15) is 0 Å². The van der Waals surface area contributed by atoms with Gasteiger partial charge in [-0.05, 0) is 30.0 Å². The van der Waals surface area contributed by atoms with E-state index in [0.29, 0.717) is 6.42 Å². The lowest BCUT2D eigenvalue weighted by atomic mass is 9.99. The van der Waals surface area contributed by atoms with Crippen LogP contribution in [0, 0.1) is 5.92 Å². The Bertz CT molecular complexity index is 414. The minimum atomic E-state index is -0.724. The summed E-state index contributed by atoms with van der Waals surface area (Å²) >= 11 is 0. The Morgan fingerprint density at radius 1 is 1.56 bits per heavy atom. The van der Waals surface area contributed by atoms with Gasteiger partial charge in [0.1, 0.15) is 0 Å².